The molecule has 0 N–H and O–H groups in total. The van der Waals surface area contributed by atoms with Gasteiger partial charge in [0.1, 0.15) is 17.7 Å². The fourth-order valence-electron chi connectivity index (χ4n) is 3.84. The number of nitrogens with zero attached hydrogens (tertiary/aromatic N) is 3. The second-order valence-corrected chi connectivity index (χ2v) is 11.9. The summed E-state index contributed by atoms with van der Waals surface area (Å²) in [6.45, 7) is -1.44. The lowest BCUT2D eigenvalue weighted by atomic mass is 10.1. The number of allylic oxidation sites excluding steroid dienone is 1. The molecule has 2 aliphatic heterocycles. The Bertz CT molecular complexity index is 1350. The van der Waals surface area contributed by atoms with E-state index in [0.29, 0.717) is 12.0 Å². The number of nitro groups is 1. The summed E-state index contributed by atoms with van der Waals surface area (Å²) < 4.78 is 28.1. The van der Waals surface area contributed by atoms with E-state index in [2.05, 4.69) is 4.99 Å². The highest BCUT2D eigenvalue weighted by molar-refractivity contribution is 8.14. The minimum atomic E-state index is -4.10. The predicted octanol–water partition coefficient (Wildman–Crippen LogP) is 5.19. The van der Waals surface area contributed by atoms with Crippen LogP contribution in [0.25, 0.3) is 0 Å². The number of ether oxygens (including phenoxy) is 1. The number of likely N-dealkylation sites (tertiary alicyclic amines) is 1. The second kappa shape index (κ2) is 11.7. The van der Waals surface area contributed by atoms with E-state index >= 15 is 0 Å². The monoisotopic (exact) mass is 579 g/mol. The van der Waals surface area contributed by atoms with Crippen LogP contribution in [0.3, 0.4) is 0 Å². The molecule has 0 bridgehead atoms. The van der Waals surface area contributed by atoms with Gasteiger partial charge in [0.15, 0.2) is 11.7 Å². The van der Waals surface area contributed by atoms with Crippen LogP contribution >= 0.6 is 30.0 Å². The second-order valence-electron chi connectivity index (χ2n) is 8.19. The van der Waals surface area contributed by atoms with Crippen molar-refractivity contribution in [3.8, 4) is 0 Å². The SMILES string of the molecule is CCOP(=O)(Cl)OC(C)=C(C(=O)OCc1ccc([N+](=O)[O-])cc1)N1C(=O)C2N=C(Cc3ccccc3)SC21. The van der Waals surface area contributed by atoms with Gasteiger partial charge in [-0.2, -0.15) is 0 Å². The molecule has 0 spiro atoms. The molecule has 1 amide bonds. The van der Waals surface area contributed by atoms with Gasteiger partial charge in [0, 0.05) is 29.8 Å². The van der Waals surface area contributed by atoms with Gasteiger partial charge in [0.25, 0.3) is 11.6 Å². The Morgan fingerprint density at radius 1 is 1.18 bits per heavy atom. The standard InChI is InChI=1S/C24H23ClN3O8PS/c1-3-35-37(25,33)36-15(2)21(24(30)34-14-17-9-11-18(12-10-17)28(31)32)27-22(29)20-23(27)38-19(26-20)13-16-7-5-4-6-8-16/h4-12,20,23H,3,13-14H2,1-2H3. The molecule has 2 aliphatic rings. The molecule has 3 atom stereocenters. The largest absolute Gasteiger partial charge is 0.476 e. The van der Waals surface area contributed by atoms with E-state index in [1.165, 1.54) is 47.9 Å². The molecule has 200 valence electrons. The lowest BCUT2D eigenvalue weighted by molar-refractivity contribution is -0.384. The van der Waals surface area contributed by atoms with Crippen LogP contribution in [0.4, 0.5) is 5.69 Å². The van der Waals surface area contributed by atoms with Crippen molar-refractivity contribution in [1.82, 2.24) is 4.90 Å². The Labute approximate surface area is 227 Å². The van der Waals surface area contributed by atoms with Gasteiger partial charge in [-0.05, 0) is 37.1 Å². The first kappa shape index (κ1) is 27.8. The summed E-state index contributed by atoms with van der Waals surface area (Å²) in [6, 6.07) is 14.4. The summed E-state index contributed by atoms with van der Waals surface area (Å²) in [7, 11) is 0. The molecule has 0 aromatic heterocycles. The van der Waals surface area contributed by atoms with Gasteiger partial charge >= 0.3 is 12.9 Å². The maximum Gasteiger partial charge on any atom is 0.476 e. The van der Waals surface area contributed by atoms with E-state index in [1.54, 1.807) is 6.92 Å². The van der Waals surface area contributed by atoms with Gasteiger partial charge in [-0.3, -0.25) is 29.3 Å². The molecule has 11 nitrogen and oxygen atoms in total. The third kappa shape index (κ3) is 6.27. The Hall–Kier alpha value is -3.18. The Kier molecular flexibility index (Phi) is 8.57. The molecule has 4 rings (SSSR count). The molecule has 14 heteroatoms. The number of fused-ring (bicyclic) bond motifs is 1. The molecule has 0 aliphatic carbocycles. The fourth-order valence-corrected chi connectivity index (χ4v) is 6.54. The number of rotatable bonds is 11. The highest BCUT2D eigenvalue weighted by Gasteiger charge is 2.55. The number of carbonyl (C=O) groups excluding carboxylic acids is 2. The number of esters is 1. The van der Waals surface area contributed by atoms with Crippen LogP contribution in [0.2, 0.25) is 0 Å². The minimum absolute atomic E-state index is 0.00609. The molecule has 3 unspecified atom stereocenters. The van der Waals surface area contributed by atoms with Crippen LogP contribution < -0.4 is 0 Å². The maximum absolute atomic E-state index is 13.2. The number of hydrogen-bond acceptors (Lipinski definition) is 10. The predicted molar refractivity (Wildman–Crippen MR) is 141 cm³/mol. The number of non-ortho nitro benzene ring substituents is 1. The average Bonchev–Trinajstić information content (AvgIpc) is 3.24. The van der Waals surface area contributed by atoms with Crippen LogP contribution in [0.15, 0.2) is 71.0 Å². The molecular formula is C24H23ClN3O8PS. The van der Waals surface area contributed by atoms with Gasteiger partial charge in [0.2, 0.25) is 0 Å². The molecular weight excluding hydrogens is 557 g/mol. The lowest BCUT2D eigenvalue weighted by Gasteiger charge is -2.41. The first-order valence-electron chi connectivity index (χ1n) is 11.4. The van der Waals surface area contributed by atoms with Gasteiger partial charge in [-0.15, -0.1) is 0 Å². The third-order valence-electron chi connectivity index (χ3n) is 5.57. The number of benzene rings is 2. The van der Waals surface area contributed by atoms with E-state index in [9.17, 15) is 24.3 Å². The number of amides is 1. The first-order valence-corrected chi connectivity index (χ1v) is 14.8. The summed E-state index contributed by atoms with van der Waals surface area (Å²) in [5.41, 5.74) is 1.12. The van der Waals surface area contributed by atoms with Gasteiger partial charge in [-0.1, -0.05) is 42.1 Å². The van der Waals surface area contributed by atoms with Crippen molar-refractivity contribution in [2.45, 2.75) is 38.3 Å². The molecule has 0 saturated carbocycles. The number of halogens is 1. The number of aliphatic imine (C=N–C) groups is 1. The number of nitro benzene ring substituents is 1. The molecule has 1 fully saturated rings. The molecule has 2 heterocycles. The summed E-state index contributed by atoms with van der Waals surface area (Å²) in [5, 5.41) is 11.1. The zero-order valence-electron chi connectivity index (χ0n) is 20.3. The van der Waals surface area contributed by atoms with Crippen molar-refractivity contribution in [3.05, 3.63) is 87.3 Å². The van der Waals surface area contributed by atoms with Crippen LogP contribution in [0, 0.1) is 10.1 Å². The molecule has 38 heavy (non-hydrogen) atoms. The van der Waals surface area contributed by atoms with Crippen LogP contribution in [-0.2, 0) is 41.0 Å². The maximum atomic E-state index is 13.2. The van der Waals surface area contributed by atoms with E-state index in [1.807, 2.05) is 30.3 Å². The minimum Gasteiger partial charge on any atom is -0.456 e. The number of β-lactam (4-membered cyclic amide) rings is 1. The highest BCUT2D eigenvalue weighted by atomic mass is 35.7. The fraction of sp³-hybridized carbons (Fsp3) is 0.292. The third-order valence-corrected chi connectivity index (χ3v) is 8.36. The van der Waals surface area contributed by atoms with Crippen LogP contribution in [0.1, 0.15) is 25.0 Å². The molecule has 2 aromatic carbocycles. The van der Waals surface area contributed by atoms with Crippen molar-refractivity contribution < 1.29 is 32.9 Å². The molecule has 0 radical (unpaired) electrons. The number of thioether (sulfide) groups is 1. The van der Waals surface area contributed by atoms with Gasteiger partial charge < -0.3 is 9.26 Å². The molecule has 2 aromatic rings. The average molecular weight is 580 g/mol. The van der Waals surface area contributed by atoms with E-state index in [4.69, 9.17) is 25.0 Å². The Morgan fingerprint density at radius 2 is 1.87 bits per heavy atom. The summed E-state index contributed by atoms with van der Waals surface area (Å²) in [4.78, 5) is 42.4. The number of carbonyl (C=O) groups is 2. The van der Waals surface area contributed by atoms with Crippen molar-refractivity contribution in [3.63, 3.8) is 0 Å². The van der Waals surface area contributed by atoms with E-state index in [-0.39, 0.29) is 30.4 Å². The highest BCUT2D eigenvalue weighted by Crippen LogP contribution is 2.56. The lowest BCUT2D eigenvalue weighted by Crippen LogP contribution is -2.61. The van der Waals surface area contributed by atoms with Gasteiger partial charge in [0.05, 0.1) is 16.6 Å². The Morgan fingerprint density at radius 3 is 2.50 bits per heavy atom. The van der Waals surface area contributed by atoms with Crippen LogP contribution in [-0.4, -0.2) is 44.8 Å². The van der Waals surface area contributed by atoms with Crippen molar-refractivity contribution in [2.75, 3.05) is 6.61 Å². The normalized spacial score (nSPS) is 20.4. The Balaban J connectivity index is 1.54. The van der Waals surface area contributed by atoms with E-state index in [0.717, 1.165) is 10.6 Å². The van der Waals surface area contributed by atoms with Crippen LogP contribution in [0.5, 0.6) is 0 Å². The van der Waals surface area contributed by atoms with Gasteiger partial charge in [-0.25, -0.2) is 9.36 Å². The summed E-state index contributed by atoms with van der Waals surface area (Å²) >= 11 is 7.20. The van der Waals surface area contributed by atoms with Crippen molar-refractivity contribution in [2.24, 2.45) is 4.99 Å². The zero-order chi connectivity index (χ0) is 27.4. The first-order chi connectivity index (χ1) is 18.1. The van der Waals surface area contributed by atoms with Crippen molar-refractivity contribution in [1.29, 1.82) is 0 Å². The van der Waals surface area contributed by atoms with Crippen molar-refractivity contribution >= 4 is 52.6 Å². The van der Waals surface area contributed by atoms with E-state index < -0.39 is 35.2 Å². The summed E-state index contributed by atoms with van der Waals surface area (Å²) in [6.07, 6.45) is 0.528. The quantitative estimate of drug-likeness (QED) is 0.0669. The summed E-state index contributed by atoms with van der Waals surface area (Å²) in [5.74, 6) is -1.59. The smallest absolute Gasteiger partial charge is 0.456 e. The topological polar surface area (TPSA) is 138 Å². The molecule has 1 saturated heterocycles. The zero-order valence-corrected chi connectivity index (χ0v) is 22.8. The number of hydrogen-bond donors (Lipinski definition) is 0.